The predicted octanol–water partition coefficient (Wildman–Crippen LogP) is 2.89. The lowest BCUT2D eigenvalue weighted by Crippen LogP contribution is -2.49. The normalized spacial score (nSPS) is 14.5. The molecule has 10 heteroatoms. The summed E-state index contributed by atoms with van der Waals surface area (Å²) in [6.07, 6.45) is -4.56. The summed E-state index contributed by atoms with van der Waals surface area (Å²) >= 11 is 0. The van der Waals surface area contributed by atoms with Crippen molar-refractivity contribution in [3.05, 3.63) is 47.5 Å². The third kappa shape index (κ3) is 4.60. The predicted molar refractivity (Wildman–Crippen MR) is 95.4 cm³/mol. The Morgan fingerprint density at radius 2 is 1.70 bits per heavy atom. The Kier molecular flexibility index (Phi) is 6.48. The second-order valence-corrected chi connectivity index (χ2v) is 5.76. The van der Waals surface area contributed by atoms with Crippen molar-refractivity contribution in [3.8, 4) is 5.88 Å². The van der Waals surface area contributed by atoms with Crippen LogP contribution in [0.4, 0.5) is 19.0 Å². The number of hydrogen-bond donors (Lipinski definition) is 0. The van der Waals surface area contributed by atoms with Crippen LogP contribution >= 0.6 is 12.4 Å². The molecule has 1 saturated heterocycles. The van der Waals surface area contributed by atoms with Crippen LogP contribution in [0.5, 0.6) is 5.88 Å². The number of carbonyl (C=O) groups is 1. The van der Waals surface area contributed by atoms with Crippen molar-refractivity contribution in [3.63, 3.8) is 0 Å². The van der Waals surface area contributed by atoms with Crippen LogP contribution in [0.25, 0.3) is 0 Å². The fraction of sp³-hybridized carbons (Fsp3) is 0.353. The molecule has 0 saturated carbocycles. The number of nitrogens with zero attached hydrogens (tertiary/aromatic N) is 4. The monoisotopic (exact) mass is 402 g/mol. The lowest BCUT2D eigenvalue weighted by atomic mass is 10.1. The molecule has 2 heterocycles. The molecule has 6 nitrogen and oxygen atoms in total. The molecule has 0 atom stereocenters. The van der Waals surface area contributed by atoms with Gasteiger partial charge in [0.1, 0.15) is 0 Å². The van der Waals surface area contributed by atoms with Gasteiger partial charge in [-0.3, -0.25) is 4.79 Å². The third-order valence-corrected chi connectivity index (χ3v) is 4.19. The van der Waals surface area contributed by atoms with Crippen molar-refractivity contribution in [2.45, 2.75) is 6.18 Å². The Hall–Kier alpha value is -2.55. The molecule has 1 aliphatic heterocycles. The highest BCUT2D eigenvalue weighted by Gasteiger charge is 2.36. The van der Waals surface area contributed by atoms with E-state index in [2.05, 4.69) is 10.2 Å². The molecule has 0 radical (unpaired) electrons. The van der Waals surface area contributed by atoms with Crippen LogP contribution in [-0.4, -0.2) is 54.3 Å². The van der Waals surface area contributed by atoms with Gasteiger partial charge in [0.05, 0.1) is 18.2 Å². The molecule has 1 amide bonds. The van der Waals surface area contributed by atoms with Crippen LogP contribution in [0.3, 0.4) is 0 Å². The van der Waals surface area contributed by atoms with Gasteiger partial charge >= 0.3 is 6.18 Å². The van der Waals surface area contributed by atoms with Crippen molar-refractivity contribution in [1.29, 1.82) is 0 Å². The van der Waals surface area contributed by atoms with Gasteiger partial charge in [-0.15, -0.1) is 22.6 Å². The van der Waals surface area contributed by atoms with Crippen molar-refractivity contribution in [2.75, 3.05) is 38.2 Å². The molecule has 0 unspecified atom stereocenters. The van der Waals surface area contributed by atoms with Crippen LogP contribution in [0.15, 0.2) is 36.4 Å². The number of piperazine rings is 1. The standard InChI is InChI=1S/C17H17F3N4O2.ClH/c1-26-15-7-6-14(21-22-15)23-8-10-24(11-9-23)16(25)12-4-2-3-5-13(12)17(18,19)20;/h2-7H,8-11H2,1H3;1H. The molecule has 1 fully saturated rings. The first-order valence-corrected chi connectivity index (χ1v) is 7.98. The molecule has 1 aromatic heterocycles. The molecular weight excluding hydrogens is 385 g/mol. The summed E-state index contributed by atoms with van der Waals surface area (Å²) in [7, 11) is 1.49. The molecule has 0 bridgehead atoms. The molecule has 0 aliphatic carbocycles. The van der Waals surface area contributed by atoms with Gasteiger partial charge in [-0.2, -0.15) is 13.2 Å². The zero-order valence-corrected chi connectivity index (χ0v) is 15.3. The Labute approximate surface area is 160 Å². The van der Waals surface area contributed by atoms with E-state index in [9.17, 15) is 18.0 Å². The molecule has 2 aromatic rings. The van der Waals surface area contributed by atoms with E-state index in [4.69, 9.17) is 4.74 Å². The summed E-state index contributed by atoms with van der Waals surface area (Å²) in [6.45, 7) is 1.53. The van der Waals surface area contributed by atoms with Crippen molar-refractivity contribution in [2.24, 2.45) is 0 Å². The molecule has 3 rings (SSSR count). The summed E-state index contributed by atoms with van der Waals surface area (Å²) < 4.78 is 44.3. The number of anilines is 1. The second-order valence-electron chi connectivity index (χ2n) is 5.76. The number of alkyl halides is 3. The van der Waals surface area contributed by atoms with E-state index in [-0.39, 0.29) is 18.0 Å². The Morgan fingerprint density at radius 3 is 2.26 bits per heavy atom. The topological polar surface area (TPSA) is 58.6 Å². The number of carbonyl (C=O) groups excluding carboxylic acids is 1. The fourth-order valence-corrected chi connectivity index (χ4v) is 2.82. The van der Waals surface area contributed by atoms with E-state index in [1.807, 2.05) is 4.90 Å². The molecule has 146 valence electrons. The maximum absolute atomic E-state index is 13.1. The van der Waals surface area contributed by atoms with Gasteiger partial charge in [-0.05, 0) is 18.2 Å². The number of aromatic nitrogens is 2. The number of benzene rings is 1. The van der Waals surface area contributed by atoms with Crippen LogP contribution < -0.4 is 9.64 Å². The zero-order valence-electron chi connectivity index (χ0n) is 14.4. The Balaban J connectivity index is 0.00000261. The number of halogens is 4. The number of ether oxygens (including phenoxy) is 1. The van der Waals surface area contributed by atoms with Gasteiger partial charge in [-0.25, -0.2) is 0 Å². The molecule has 27 heavy (non-hydrogen) atoms. The largest absolute Gasteiger partial charge is 0.480 e. The Morgan fingerprint density at radius 1 is 1.04 bits per heavy atom. The SMILES string of the molecule is COc1ccc(N2CCN(C(=O)c3ccccc3C(F)(F)F)CC2)nn1.Cl. The van der Waals surface area contributed by atoms with E-state index in [1.165, 1.54) is 30.2 Å². The van der Waals surface area contributed by atoms with Gasteiger partial charge in [0.15, 0.2) is 5.82 Å². The lowest BCUT2D eigenvalue weighted by Gasteiger charge is -2.35. The summed E-state index contributed by atoms with van der Waals surface area (Å²) in [6, 6.07) is 8.29. The van der Waals surface area contributed by atoms with Crippen LogP contribution in [0.1, 0.15) is 15.9 Å². The van der Waals surface area contributed by atoms with Crippen molar-refractivity contribution >= 4 is 24.1 Å². The first kappa shape index (κ1) is 20.8. The molecular formula is C17H18ClF3N4O2. The van der Waals surface area contributed by atoms with E-state index >= 15 is 0 Å². The van der Waals surface area contributed by atoms with Crippen molar-refractivity contribution < 1.29 is 22.7 Å². The smallest absolute Gasteiger partial charge is 0.417 e. The maximum Gasteiger partial charge on any atom is 0.417 e. The molecule has 1 aromatic carbocycles. The number of methoxy groups -OCH3 is 1. The first-order chi connectivity index (χ1) is 12.4. The molecule has 0 N–H and O–H groups in total. The maximum atomic E-state index is 13.1. The molecule has 0 spiro atoms. The second kappa shape index (κ2) is 8.43. The highest BCUT2D eigenvalue weighted by molar-refractivity contribution is 5.96. The number of amides is 1. The highest BCUT2D eigenvalue weighted by atomic mass is 35.5. The molecule has 1 aliphatic rings. The summed E-state index contributed by atoms with van der Waals surface area (Å²) in [5.74, 6) is 0.415. The highest BCUT2D eigenvalue weighted by Crippen LogP contribution is 2.32. The summed E-state index contributed by atoms with van der Waals surface area (Å²) in [5, 5.41) is 7.94. The van der Waals surface area contributed by atoms with Crippen molar-refractivity contribution in [1.82, 2.24) is 15.1 Å². The minimum atomic E-state index is -4.56. The van der Waals surface area contributed by atoms with Gasteiger partial charge in [0, 0.05) is 32.2 Å². The third-order valence-electron chi connectivity index (χ3n) is 4.19. The van der Waals surface area contributed by atoms with Gasteiger partial charge < -0.3 is 14.5 Å². The van der Waals surface area contributed by atoms with Gasteiger partial charge in [0.25, 0.3) is 5.91 Å². The average Bonchev–Trinajstić information content (AvgIpc) is 2.67. The minimum absolute atomic E-state index is 0. The fourth-order valence-electron chi connectivity index (χ4n) is 2.82. The van der Waals surface area contributed by atoms with Gasteiger partial charge in [-0.1, -0.05) is 12.1 Å². The zero-order chi connectivity index (χ0) is 18.7. The number of hydrogen-bond acceptors (Lipinski definition) is 5. The van der Waals surface area contributed by atoms with Crippen LogP contribution in [0, 0.1) is 0 Å². The summed E-state index contributed by atoms with van der Waals surface area (Å²) in [5.41, 5.74) is -1.23. The summed E-state index contributed by atoms with van der Waals surface area (Å²) in [4.78, 5) is 15.9. The first-order valence-electron chi connectivity index (χ1n) is 7.98. The lowest BCUT2D eigenvalue weighted by molar-refractivity contribution is -0.138. The van der Waals surface area contributed by atoms with E-state index in [0.29, 0.717) is 37.9 Å². The minimum Gasteiger partial charge on any atom is -0.480 e. The van der Waals surface area contributed by atoms with E-state index < -0.39 is 17.6 Å². The number of rotatable bonds is 3. The Bertz CT molecular complexity index is 778. The quantitative estimate of drug-likeness (QED) is 0.790. The van der Waals surface area contributed by atoms with Gasteiger partial charge in [0.2, 0.25) is 5.88 Å². The van der Waals surface area contributed by atoms with E-state index in [1.54, 1.807) is 12.1 Å². The van der Waals surface area contributed by atoms with Crippen LogP contribution in [-0.2, 0) is 6.18 Å². The van der Waals surface area contributed by atoms with E-state index in [0.717, 1.165) is 6.07 Å². The van der Waals surface area contributed by atoms with Crippen LogP contribution in [0.2, 0.25) is 0 Å². The average molecular weight is 403 g/mol.